The van der Waals surface area contributed by atoms with Crippen molar-refractivity contribution in [1.29, 1.82) is 10.7 Å². The van der Waals surface area contributed by atoms with Crippen LogP contribution in [0.5, 0.6) is 0 Å². The molecule has 1 aliphatic heterocycles. The van der Waals surface area contributed by atoms with Crippen LogP contribution in [0.4, 0.5) is 0 Å². The van der Waals surface area contributed by atoms with Crippen LogP contribution in [0.3, 0.4) is 0 Å². The molecular formula is C33H41N7O3. The van der Waals surface area contributed by atoms with Gasteiger partial charge in [0.15, 0.2) is 0 Å². The summed E-state index contributed by atoms with van der Waals surface area (Å²) in [6.07, 6.45) is 3.32. The number of fused-ring (bicyclic) bond motifs is 3. The lowest BCUT2D eigenvalue weighted by molar-refractivity contribution is -0.131. The van der Waals surface area contributed by atoms with Crippen molar-refractivity contribution in [1.82, 2.24) is 20.0 Å². The Morgan fingerprint density at radius 2 is 1.56 bits per heavy atom. The van der Waals surface area contributed by atoms with E-state index in [1.807, 2.05) is 31.2 Å². The number of carbonyl (C=O) groups excluding carboxylic acids is 3. The van der Waals surface area contributed by atoms with Gasteiger partial charge in [-0.15, -0.1) is 0 Å². The summed E-state index contributed by atoms with van der Waals surface area (Å²) in [5.41, 5.74) is 10.2. The molecule has 4 N–H and O–H groups in total. The van der Waals surface area contributed by atoms with E-state index in [0.29, 0.717) is 36.3 Å². The number of nitriles is 1. The van der Waals surface area contributed by atoms with E-state index in [9.17, 15) is 19.6 Å². The molecule has 2 aliphatic carbocycles. The van der Waals surface area contributed by atoms with E-state index < -0.39 is 5.41 Å². The lowest BCUT2D eigenvalue weighted by Crippen LogP contribution is -2.49. The Hall–Kier alpha value is -4.23. The summed E-state index contributed by atoms with van der Waals surface area (Å²) in [5, 5.41) is 21.9. The molecule has 0 radical (unpaired) electrons. The monoisotopic (exact) mass is 583 g/mol. The van der Waals surface area contributed by atoms with Crippen LogP contribution in [0.25, 0.3) is 0 Å². The van der Waals surface area contributed by atoms with Gasteiger partial charge in [0.05, 0.1) is 18.0 Å². The summed E-state index contributed by atoms with van der Waals surface area (Å²) < 4.78 is 0. The van der Waals surface area contributed by atoms with E-state index >= 15 is 0 Å². The van der Waals surface area contributed by atoms with Gasteiger partial charge in [-0.25, -0.2) is 0 Å². The maximum atomic E-state index is 13.2. The summed E-state index contributed by atoms with van der Waals surface area (Å²) >= 11 is 0. The SMILES string of the molecule is C[C@@H](CC1(C(=N)N)c2ccc(C(=O)N(C)C)cc2CCc2cc(C(=O)N(C)C)ccc21)NCC(=O)N1[C@H](C#N)C[C@@H]2C[C@@H]21. The number of amidine groups is 1. The molecule has 1 saturated carbocycles. The summed E-state index contributed by atoms with van der Waals surface area (Å²) in [6.45, 7) is 2.06. The average Bonchev–Trinajstić information content (AvgIpc) is 3.67. The molecule has 43 heavy (non-hydrogen) atoms. The smallest absolute Gasteiger partial charge is 0.253 e. The highest BCUT2D eigenvalue weighted by Crippen LogP contribution is 2.48. The van der Waals surface area contributed by atoms with Gasteiger partial charge < -0.3 is 25.8 Å². The van der Waals surface area contributed by atoms with Gasteiger partial charge in [-0.05, 0) is 91.5 Å². The molecule has 10 heteroatoms. The van der Waals surface area contributed by atoms with E-state index in [4.69, 9.17) is 11.1 Å². The highest BCUT2D eigenvalue weighted by Gasteiger charge is 2.54. The molecule has 1 saturated heterocycles. The van der Waals surface area contributed by atoms with Crippen LogP contribution in [0.1, 0.15) is 69.2 Å². The second-order valence-corrected chi connectivity index (χ2v) is 12.7. The first-order valence-electron chi connectivity index (χ1n) is 14.9. The first-order chi connectivity index (χ1) is 20.4. The predicted octanol–water partition coefficient (Wildman–Crippen LogP) is 2.29. The number of hydrogen-bond donors (Lipinski definition) is 3. The number of hydrogen-bond acceptors (Lipinski definition) is 6. The van der Waals surface area contributed by atoms with Crippen LogP contribution < -0.4 is 11.1 Å². The van der Waals surface area contributed by atoms with Gasteiger partial charge in [-0.1, -0.05) is 12.1 Å². The maximum absolute atomic E-state index is 13.2. The Labute approximate surface area is 253 Å². The summed E-state index contributed by atoms with van der Waals surface area (Å²) in [6, 6.07) is 13.0. The number of nitrogens with zero attached hydrogens (tertiary/aromatic N) is 4. The number of benzene rings is 2. The lowest BCUT2D eigenvalue weighted by atomic mass is 9.67. The molecule has 2 aromatic rings. The maximum Gasteiger partial charge on any atom is 0.253 e. The fraction of sp³-hybridized carbons (Fsp3) is 0.485. The number of likely N-dealkylation sites (tertiary alicyclic amines) is 1. The zero-order valence-corrected chi connectivity index (χ0v) is 25.6. The Balaban J connectivity index is 1.52. The molecule has 0 unspecified atom stereocenters. The van der Waals surface area contributed by atoms with Crippen molar-refractivity contribution >= 4 is 23.6 Å². The largest absolute Gasteiger partial charge is 0.387 e. The van der Waals surface area contributed by atoms with Gasteiger partial charge in [0, 0.05) is 51.4 Å². The van der Waals surface area contributed by atoms with Crippen LogP contribution in [-0.4, -0.2) is 91.1 Å². The Kier molecular flexibility index (Phi) is 8.05. The fourth-order valence-corrected chi connectivity index (χ4v) is 7.07. The van der Waals surface area contributed by atoms with Gasteiger partial charge >= 0.3 is 0 Å². The highest BCUT2D eigenvalue weighted by molar-refractivity contribution is 5.98. The summed E-state index contributed by atoms with van der Waals surface area (Å²) in [7, 11) is 6.86. The molecule has 1 heterocycles. The zero-order valence-electron chi connectivity index (χ0n) is 25.6. The van der Waals surface area contributed by atoms with E-state index in [2.05, 4.69) is 11.4 Å². The molecule has 10 nitrogen and oxygen atoms in total. The second kappa shape index (κ2) is 11.5. The number of rotatable bonds is 8. The van der Waals surface area contributed by atoms with Crippen LogP contribution in [0.2, 0.25) is 0 Å². The minimum Gasteiger partial charge on any atom is -0.387 e. The van der Waals surface area contributed by atoms with Crippen LogP contribution in [0, 0.1) is 22.7 Å². The van der Waals surface area contributed by atoms with Crippen LogP contribution >= 0.6 is 0 Å². The third-order valence-corrected chi connectivity index (χ3v) is 9.32. The van der Waals surface area contributed by atoms with E-state index in [0.717, 1.165) is 35.1 Å². The summed E-state index contributed by atoms with van der Waals surface area (Å²) in [5.74, 6) is 0.0992. The standard InChI is InChI=1S/C33H41N7O3/c1-19(37-18-29(41)40-25(17-34)14-24-15-28(24)40)16-33(32(35)36)26-10-8-22(30(42)38(2)3)12-20(26)6-7-21-13-23(9-11-27(21)33)31(43)39(4)5/h8-13,19,24-25,28,37H,6-7,14-16,18H2,1-5H3,(H3,35,36)/t19-,24+,25-,28-/m0/s1. The number of amides is 3. The number of piperidine rings is 1. The summed E-state index contributed by atoms with van der Waals surface area (Å²) in [4.78, 5) is 43.8. The minimum absolute atomic E-state index is 0.0415. The molecule has 2 aromatic carbocycles. The lowest BCUT2D eigenvalue weighted by Gasteiger charge is -2.38. The zero-order chi connectivity index (χ0) is 31.2. The van der Waals surface area contributed by atoms with Gasteiger partial charge in [-0.3, -0.25) is 19.8 Å². The third-order valence-electron chi connectivity index (χ3n) is 9.32. The predicted molar refractivity (Wildman–Crippen MR) is 164 cm³/mol. The molecule has 0 aromatic heterocycles. The van der Waals surface area contributed by atoms with E-state index in [1.165, 1.54) is 9.80 Å². The van der Waals surface area contributed by atoms with Crippen molar-refractivity contribution in [3.8, 4) is 6.07 Å². The normalized spacial score (nSPS) is 21.8. The van der Waals surface area contributed by atoms with Crippen LogP contribution in [0.15, 0.2) is 36.4 Å². The third kappa shape index (κ3) is 5.38. The quantitative estimate of drug-likeness (QED) is 0.321. The van der Waals surface area contributed by atoms with Gasteiger partial charge in [0.25, 0.3) is 11.8 Å². The molecule has 2 fully saturated rings. The minimum atomic E-state index is -1.06. The molecule has 226 valence electrons. The Bertz CT molecular complexity index is 1450. The number of nitrogens with two attached hydrogens (primary N) is 1. The van der Waals surface area contributed by atoms with Crippen molar-refractivity contribution in [2.75, 3.05) is 34.7 Å². The van der Waals surface area contributed by atoms with Gasteiger partial charge in [0.2, 0.25) is 5.91 Å². The fourth-order valence-electron chi connectivity index (χ4n) is 7.07. The molecule has 0 bridgehead atoms. The molecule has 0 spiro atoms. The van der Waals surface area contributed by atoms with Crippen molar-refractivity contribution in [3.63, 3.8) is 0 Å². The van der Waals surface area contributed by atoms with Gasteiger partial charge in [0.1, 0.15) is 11.9 Å². The van der Waals surface area contributed by atoms with E-state index in [1.54, 1.807) is 45.2 Å². The molecule has 3 aliphatic rings. The van der Waals surface area contributed by atoms with Crippen molar-refractivity contribution < 1.29 is 14.4 Å². The number of aryl methyl sites for hydroxylation is 2. The first kappa shape index (κ1) is 30.2. The topological polar surface area (TPSA) is 147 Å². The average molecular weight is 584 g/mol. The Morgan fingerprint density at radius 1 is 1.02 bits per heavy atom. The second-order valence-electron chi connectivity index (χ2n) is 12.7. The van der Waals surface area contributed by atoms with Crippen LogP contribution in [-0.2, 0) is 23.1 Å². The van der Waals surface area contributed by atoms with E-state index in [-0.39, 0.29) is 48.2 Å². The number of carbonyl (C=O) groups is 3. The highest BCUT2D eigenvalue weighted by atomic mass is 16.2. The Morgan fingerprint density at radius 3 is 2.02 bits per heavy atom. The molecule has 3 amide bonds. The van der Waals surface area contributed by atoms with Crippen molar-refractivity contribution in [3.05, 3.63) is 69.8 Å². The molecular weight excluding hydrogens is 542 g/mol. The number of nitrogens with one attached hydrogen (secondary N) is 2. The molecule has 4 atom stereocenters. The van der Waals surface area contributed by atoms with Crippen molar-refractivity contribution in [2.45, 2.75) is 62.6 Å². The first-order valence-corrected chi connectivity index (χ1v) is 14.9. The molecule has 5 rings (SSSR count). The van der Waals surface area contributed by atoms with Crippen molar-refractivity contribution in [2.24, 2.45) is 11.7 Å². The van der Waals surface area contributed by atoms with Gasteiger partial charge in [-0.2, -0.15) is 5.26 Å².